The first kappa shape index (κ1) is 6.60. The summed E-state index contributed by atoms with van der Waals surface area (Å²) in [5.41, 5.74) is 0. The Morgan fingerprint density at radius 2 is 1.44 bits per heavy atom. The minimum Gasteiger partial charge on any atom is -0.103 e. The lowest BCUT2D eigenvalue weighted by Crippen LogP contribution is -1.88. The zero-order valence-electron chi connectivity index (χ0n) is 5.84. The van der Waals surface area contributed by atoms with Gasteiger partial charge >= 0.3 is 0 Å². The number of allylic oxidation sites excluding steroid dienone is 2. The highest BCUT2D eigenvalue weighted by Gasteiger charge is 2.18. The van der Waals surface area contributed by atoms with Gasteiger partial charge in [0.1, 0.15) is 0 Å². The third-order valence-corrected chi connectivity index (χ3v) is 2.18. The van der Waals surface area contributed by atoms with Crippen molar-refractivity contribution < 1.29 is 0 Å². The summed E-state index contributed by atoms with van der Waals surface area (Å²) in [4.78, 5) is 0. The van der Waals surface area contributed by atoms with Crippen LogP contribution in [0.2, 0.25) is 0 Å². The second-order valence-electron chi connectivity index (χ2n) is 2.80. The van der Waals surface area contributed by atoms with Gasteiger partial charge in [-0.1, -0.05) is 12.2 Å². The fourth-order valence-electron chi connectivity index (χ4n) is 1.48. The first-order valence-electron chi connectivity index (χ1n) is 3.62. The normalized spacial score (nSPS) is 34.2. The molecule has 1 fully saturated rings. The molecule has 9 heavy (non-hydrogen) atoms. The summed E-state index contributed by atoms with van der Waals surface area (Å²) in [7, 11) is 0. The van der Waals surface area contributed by atoms with Gasteiger partial charge in [0.25, 0.3) is 0 Å². The third-order valence-electron chi connectivity index (χ3n) is 2.18. The standard InChI is InChI=1S/C9H14/c1-3-8-5-6-9(4-2)7-8/h3-4,8-9H,1-2,5-7H2/i8+1. The predicted octanol–water partition coefficient (Wildman–Crippen LogP) is 2.77. The molecule has 2 unspecified atom stereocenters. The molecule has 0 aliphatic heterocycles. The maximum absolute atomic E-state index is 3.78. The highest BCUT2D eigenvalue weighted by atomic mass is 14.6. The van der Waals surface area contributed by atoms with E-state index in [4.69, 9.17) is 0 Å². The molecule has 0 heteroatoms. The van der Waals surface area contributed by atoms with Crippen LogP contribution in [0.3, 0.4) is 0 Å². The predicted molar refractivity (Wildman–Crippen MR) is 41.2 cm³/mol. The van der Waals surface area contributed by atoms with E-state index in [0.717, 1.165) is 11.8 Å². The summed E-state index contributed by atoms with van der Waals surface area (Å²) < 4.78 is 0. The molecule has 1 saturated carbocycles. The maximum atomic E-state index is 3.78. The van der Waals surface area contributed by atoms with E-state index in [0.29, 0.717) is 0 Å². The molecular weight excluding hydrogens is 109 g/mol. The second-order valence-corrected chi connectivity index (χ2v) is 2.80. The summed E-state index contributed by atoms with van der Waals surface area (Å²) in [5, 5.41) is 0. The summed E-state index contributed by atoms with van der Waals surface area (Å²) >= 11 is 0. The van der Waals surface area contributed by atoms with Crippen molar-refractivity contribution in [2.45, 2.75) is 19.3 Å². The third kappa shape index (κ3) is 1.44. The van der Waals surface area contributed by atoms with Gasteiger partial charge < -0.3 is 0 Å². The molecule has 0 aromatic carbocycles. The van der Waals surface area contributed by atoms with Gasteiger partial charge in [0.05, 0.1) is 0 Å². The summed E-state index contributed by atoms with van der Waals surface area (Å²) in [6, 6.07) is 0. The Balaban J connectivity index is 2.36. The van der Waals surface area contributed by atoms with E-state index in [2.05, 4.69) is 25.3 Å². The van der Waals surface area contributed by atoms with Crippen LogP contribution in [0.5, 0.6) is 0 Å². The Morgan fingerprint density at radius 1 is 1.00 bits per heavy atom. The molecule has 0 aromatic rings. The average molecular weight is 123 g/mol. The zero-order chi connectivity index (χ0) is 6.69. The van der Waals surface area contributed by atoms with Crippen molar-refractivity contribution >= 4 is 0 Å². The lowest BCUT2D eigenvalue weighted by molar-refractivity contribution is 0.641. The van der Waals surface area contributed by atoms with Gasteiger partial charge in [-0.3, -0.25) is 0 Å². The van der Waals surface area contributed by atoms with Crippen molar-refractivity contribution in [3.8, 4) is 0 Å². The van der Waals surface area contributed by atoms with E-state index < -0.39 is 0 Å². The van der Waals surface area contributed by atoms with E-state index in [1.54, 1.807) is 0 Å². The lowest BCUT2D eigenvalue weighted by atomic mass is 10.1. The first-order valence-corrected chi connectivity index (χ1v) is 3.62. The lowest BCUT2D eigenvalue weighted by Gasteiger charge is -1.99. The smallest absolute Gasteiger partial charge is 0.0230 e. The van der Waals surface area contributed by atoms with Crippen LogP contribution in [0.1, 0.15) is 19.3 Å². The largest absolute Gasteiger partial charge is 0.103 e. The molecule has 2 atom stereocenters. The molecule has 1 aliphatic carbocycles. The fourth-order valence-corrected chi connectivity index (χ4v) is 1.48. The highest BCUT2D eigenvalue weighted by molar-refractivity contribution is 4.92. The molecule has 1 aliphatic rings. The van der Waals surface area contributed by atoms with Gasteiger partial charge in [-0.2, -0.15) is 0 Å². The van der Waals surface area contributed by atoms with Gasteiger partial charge in [-0.15, -0.1) is 13.2 Å². The second kappa shape index (κ2) is 2.86. The number of hydrogen-bond donors (Lipinski definition) is 0. The SMILES string of the molecule is C=CC1CC[13CH](C=C)C1. The van der Waals surface area contributed by atoms with Gasteiger partial charge in [-0.25, -0.2) is 0 Å². The van der Waals surface area contributed by atoms with Crippen molar-refractivity contribution in [2.75, 3.05) is 0 Å². The number of rotatable bonds is 2. The van der Waals surface area contributed by atoms with Gasteiger partial charge in [0.15, 0.2) is 0 Å². The van der Waals surface area contributed by atoms with Crippen molar-refractivity contribution in [3.63, 3.8) is 0 Å². The quantitative estimate of drug-likeness (QED) is 0.391. The van der Waals surface area contributed by atoms with Crippen LogP contribution >= 0.6 is 0 Å². The Bertz CT molecular complexity index is 99.2. The molecule has 50 valence electrons. The highest BCUT2D eigenvalue weighted by Crippen LogP contribution is 2.31. The van der Waals surface area contributed by atoms with E-state index >= 15 is 0 Å². The van der Waals surface area contributed by atoms with Crippen molar-refractivity contribution in [1.29, 1.82) is 0 Å². The fraction of sp³-hybridized carbons (Fsp3) is 0.556. The van der Waals surface area contributed by atoms with Crippen LogP contribution in [0.25, 0.3) is 0 Å². The van der Waals surface area contributed by atoms with Crippen LogP contribution in [-0.4, -0.2) is 0 Å². The molecule has 0 bridgehead atoms. The minimum absolute atomic E-state index is 0.771. The number of hydrogen-bond acceptors (Lipinski definition) is 0. The Morgan fingerprint density at radius 3 is 1.67 bits per heavy atom. The summed E-state index contributed by atoms with van der Waals surface area (Å²) in [6.07, 6.45) is 8.07. The molecule has 0 heterocycles. The Kier molecular flexibility index (Phi) is 2.10. The average Bonchev–Trinajstić information content (AvgIpc) is 2.34. The molecule has 0 spiro atoms. The molecule has 0 aromatic heterocycles. The Hall–Kier alpha value is -0.520. The molecule has 0 radical (unpaired) electrons. The summed E-state index contributed by atoms with van der Waals surface area (Å²) in [5.74, 6) is 1.54. The Labute approximate surface area is 57.3 Å². The van der Waals surface area contributed by atoms with Gasteiger partial charge in [0, 0.05) is 0 Å². The van der Waals surface area contributed by atoms with Crippen molar-refractivity contribution in [3.05, 3.63) is 25.3 Å². The van der Waals surface area contributed by atoms with Crippen LogP contribution < -0.4 is 0 Å². The van der Waals surface area contributed by atoms with E-state index in [1.807, 2.05) is 0 Å². The van der Waals surface area contributed by atoms with Gasteiger partial charge in [-0.05, 0) is 31.1 Å². The molecule has 0 amide bonds. The van der Waals surface area contributed by atoms with Gasteiger partial charge in [0.2, 0.25) is 0 Å². The van der Waals surface area contributed by atoms with E-state index in [9.17, 15) is 0 Å². The van der Waals surface area contributed by atoms with Crippen LogP contribution in [0.4, 0.5) is 0 Å². The van der Waals surface area contributed by atoms with Crippen molar-refractivity contribution in [1.82, 2.24) is 0 Å². The molecular formula is C9H14. The minimum atomic E-state index is 0.771. The van der Waals surface area contributed by atoms with Crippen molar-refractivity contribution in [2.24, 2.45) is 11.8 Å². The topological polar surface area (TPSA) is 0 Å². The van der Waals surface area contributed by atoms with Crippen LogP contribution in [-0.2, 0) is 0 Å². The summed E-state index contributed by atoms with van der Waals surface area (Å²) in [6.45, 7) is 7.55. The molecule has 0 saturated heterocycles. The van der Waals surface area contributed by atoms with E-state index in [-0.39, 0.29) is 0 Å². The maximum Gasteiger partial charge on any atom is -0.0230 e. The van der Waals surface area contributed by atoms with E-state index in [1.165, 1.54) is 19.3 Å². The van der Waals surface area contributed by atoms with Crippen LogP contribution in [0, 0.1) is 11.8 Å². The monoisotopic (exact) mass is 123 g/mol. The first-order chi connectivity index (χ1) is 4.36. The molecule has 0 N–H and O–H groups in total. The molecule has 0 nitrogen and oxygen atoms in total. The van der Waals surface area contributed by atoms with Crippen LogP contribution in [0.15, 0.2) is 25.3 Å². The molecule has 1 rings (SSSR count). The zero-order valence-corrected chi connectivity index (χ0v) is 5.84.